The number of halogens is 1. The van der Waals surface area contributed by atoms with Gasteiger partial charge in [0.2, 0.25) is 20.0 Å². The van der Waals surface area contributed by atoms with Crippen LogP contribution in [0.5, 0.6) is 11.5 Å². The third kappa shape index (κ3) is 6.37. The standard InChI is InChI=1S/C27H33FN4O8S2/c1-29-41(35,36)22-4-2-3-21(12-22)39-17-20(33)14-30-19-13-27(40-16-19)7-9-32(10-8-27)42(37,38)25-15-31-24-11-18(28)5-6-23(24)26(25)34/h2-6,11-12,15,19-20,29-30,33H,7-10,13-14,16-17H2,1H3,(H,31,34)/t19-,20?/m1/s1. The first kappa shape index (κ1) is 30.5. The number of rotatable bonds is 10. The van der Waals surface area contributed by atoms with E-state index in [4.69, 9.17) is 9.47 Å². The van der Waals surface area contributed by atoms with Crippen LogP contribution in [0.15, 0.2) is 58.5 Å². The maximum absolute atomic E-state index is 13.5. The first-order chi connectivity index (χ1) is 19.9. The molecule has 2 aromatic carbocycles. The molecule has 2 atom stereocenters. The highest BCUT2D eigenvalue weighted by Crippen LogP contribution is 2.39. The van der Waals surface area contributed by atoms with Crippen LogP contribution in [0.4, 0.5) is 4.39 Å². The van der Waals surface area contributed by atoms with Crippen molar-refractivity contribution in [2.75, 3.05) is 39.9 Å². The van der Waals surface area contributed by atoms with Gasteiger partial charge >= 0.3 is 0 Å². The van der Waals surface area contributed by atoms with Crippen molar-refractivity contribution in [2.24, 2.45) is 0 Å². The van der Waals surface area contributed by atoms with Crippen LogP contribution in [0.2, 0.25) is 0 Å². The number of pyridine rings is 1. The number of hydrogen-bond acceptors (Lipinski definition) is 10. The summed E-state index contributed by atoms with van der Waals surface area (Å²) in [5.41, 5.74) is -0.348. The third-order valence-corrected chi connectivity index (χ3v) is 11.0. The van der Waals surface area contributed by atoms with E-state index in [1.165, 1.54) is 29.6 Å². The van der Waals surface area contributed by atoms with Crippen molar-refractivity contribution in [2.45, 2.75) is 46.8 Å². The van der Waals surface area contributed by atoms with E-state index in [9.17, 15) is 31.4 Å². The number of sulfonamides is 2. The average molecular weight is 625 g/mol. The maximum Gasteiger partial charge on any atom is 0.248 e. The molecular formula is C27H33FN4O8S2. The van der Waals surface area contributed by atoms with Gasteiger partial charge in [-0.15, -0.1) is 0 Å². The van der Waals surface area contributed by atoms with E-state index < -0.39 is 43.3 Å². The normalized spacial score (nSPS) is 20.2. The zero-order chi connectivity index (χ0) is 30.1. The van der Waals surface area contributed by atoms with Gasteiger partial charge in [0, 0.05) is 43.2 Å². The van der Waals surface area contributed by atoms with E-state index in [2.05, 4.69) is 15.0 Å². The molecular weight excluding hydrogens is 591 g/mol. The molecule has 0 radical (unpaired) electrons. The lowest BCUT2D eigenvalue weighted by Crippen LogP contribution is -2.47. The minimum absolute atomic E-state index is 0.0486. The van der Waals surface area contributed by atoms with Gasteiger partial charge in [-0.1, -0.05) is 6.07 Å². The Morgan fingerprint density at radius 2 is 1.95 bits per heavy atom. The zero-order valence-corrected chi connectivity index (χ0v) is 24.5. The third-order valence-electron chi connectivity index (χ3n) is 7.70. The summed E-state index contributed by atoms with van der Waals surface area (Å²) in [7, 11) is -6.34. The summed E-state index contributed by atoms with van der Waals surface area (Å²) in [6.07, 6.45) is 1.73. The van der Waals surface area contributed by atoms with Gasteiger partial charge < -0.3 is 25.0 Å². The molecule has 15 heteroatoms. The van der Waals surface area contributed by atoms with Gasteiger partial charge in [-0.2, -0.15) is 4.31 Å². The summed E-state index contributed by atoms with van der Waals surface area (Å²) >= 11 is 0. The lowest BCUT2D eigenvalue weighted by atomic mass is 9.88. The Hall–Kier alpha value is -2.92. The smallest absolute Gasteiger partial charge is 0.248 e. The fourth-order valence-electron chi connectivity index (χ4n) is 5.32. The molecule has 1 unspecified atom stereocenters. The summed E-state index contributed by atoms with van der Waals surface area (Å²) in [5.74, 6) is -0.680. The van der Waals surface area contributed by atoms with Crippen molar-refractivity contribution in [1.82, 2.24) is 19.3 Å². The van der Waals surface area contributed by atoms with Gasteiger partial charge in [0.25, 0.3) is 0 Å². The Labute approximate surface area is 243 Å². The zero-order valence-electron chi connectivity index (χ0n) is 22.9. The number of ether oxygens (including phenoxy) is 2. The SMILES string of the molecule is CNS(=O)(=O)c1cccc(OCC(O)CN[C@H]2COC3(CCN(S(=O)(=O)c4cnc5cc(F)ccc5c4O)CC3)C2)c1. The number of nitrogens with one attached hydrogen (secondary N) is 2. The largest absolute Gasteiger partial charge is 0.506 e. The summed E-state index contributed by atoms with van der Waals surface area (Å²) in [6, 6.07) is 9.50. The van der Waals surface area contributed by atoms with Gasteiger partial charge in [-0.25, -0.2) is 25.9 Å². The number of hydrogen-bond donors (Lipinski definition) is 4. The Kier molecular flexibility index (Phi) is 8.72. The fraction of sp³-hybridized carbons (Fsp3) is 0.444. The summed E-state index contributed by atoms with van der Waals surface area (Å²) < 4.78 is 79.4. The van der Waals surface area contributed by atoms with Crippen LogP contribution in [0.3, 0.4) is 0 Å². The molecule has 2 fully saturated rings. The molecule has 0 amide bonds. The van der Waals surface area contributed by atoms with Crippen LogP contribution < -0.4 is 14.8 Å². The van der Waals surface area contributed by atoms with Crippen molar-refractivity contribution in [3.8, 4) is 11.5 Å². The topological polar surface area (TPSA) is 167 Å². The Morgan fingerprint density at radius 3 is 2.69 bits per heavy atom. The van der Waals surface area contributed by atoms with Crippen LogP contribution in [-0.2, 0) is 24.8 Å². The lowest BCUT2D eigenvalue weighted by molar-refractivity contribution is -0.0312. The van der Waals surface area contributed by atoms with E-state index in [0.717, 1.165) is 18.3 Å². The number of aliphatic hydroxyl groups is 1. The van der Waals surface area contributed by atoms with Crippen molar-refractivity contribution in [3.63, 3.8) is 0 Å². The van der Waals surface area contributed by atoms with Gasteiger partial charge in [0.15, 0.2) is 0 Å². The summed E-state index contributed by atoms with van der Waals surface area (Å²) in [6.45, 7) is 0.948. The molecule has 3 heterocycles. The van der Waals surface area contributed by atoms with Gasteiger partial charge in [-0.05, 0) is 50.6 Å². The highest BCUT2D eigenvalue weighted by atomic mass is 32.2. The van der Waals surface area contributed by atoms with Crippen LogP contribution in [0, 0.1) is 5.82 Å². The predicted octanol–water partition coefficient (Wildman–Crippen LogP) is 1.33. The molecule has 3 aromatic rings. The highest BCUT2D eigenvalue weighted by Gasteiger charge is 2.45. The van der Waals surface area contributed by atoms with E-state index in [1.54, 1.807) is 12.1 Å². The highest BCUT2D eigenvalue weighted by molar-refractivity contribution is 7.89. The van der Waals surface area contributed by atoms with Gasteiger partial charge in [0.1, 0.15) is 34.9 Å². The lowest BCUT2D eigenvalue weighted by Gasteiger charge is -2.38. The Balaban J connectivity index is 1.12. The first-order valence-electron chi connectivity index (χ1n) is 13.4. The molecule has 5 rings (SSSR count). The molecule has 0 bridgehead atoms. The van der Waals surface area contributed by atoms with Crippen LogP contribution in [0.1, 0.15) is 19.3 Å². The van der Waals surface area contributed by atoms with E-state index in [-0.39, 0.29) is 53.0 Å². The quantitative estimate of drug-likeness (QED) is 0.258. The maximum atomic E-state index is 13.5. The molecule has 1 spiro atoms. The number of piperidine rings is 1. The summed E-state index contributed by atoms with van der Waals surface area (Å²) in [5, 5.41) is 24.5. The second kappa shape index (κ2) is 12.0. The minimum Gasteiger partial charge on any atom is -0.506 e. The number of nitrogens with zero attached hydrogens (tertiary/aromatic N) is 2. The molecule has 1 aromatic heterocycles. The number of aromatic nitrogens is 1. The summed E-state index contributed by atoms with van der Waals surface area (Å²) in [4.78, 5) is 3.77. The average Bonchev–Trinajstić information content (AvgIpc) is 3.37. The molecule has 0 saturated carbocycles. The molecule has 2 aliphatic rings. The molecule has 42 heavy (non-hydrogen) atoms. The molecule has 228 valence electrons. The first-order valence-corrected chi connectivity index (χ1v) is 16.3. The number of aliphatic hydroxyl groups excluding tert-OH is 1. The number of benzene rings is 2. The number of fused-ring (bicyclic) bond motifs is 1. The second-order valence-corrected chi connectivity index (χ2v) is 14.3. The Bertz CT molecular complexity index is 1660. The Morgan fingerprint density at radius 1 is 1.19 bits per heavy atom. The van der Waals surface area contributed by atoms with Crippen LogP contribution in [-0.4, -0.2) is 94.0 Å². The molecule has 12 nitrogen and oxygen atoms in total. The fourth-order valence-corrected chi connectivity index (χ4v) is 7.57. The molecule has 2 aliphatic heterocycles. The monoisotopic (exact) mass is 624 g/mol. The van der Waals surface area contributed by atoms with Gasteiger partial charge in [-0.3, -0.25) is 4.98 Å². The van der Waals surface area contributed by atoms with E-state index in [0.29, 0.717) is 31.6 Å². The minimum atomic E-state index is -4.05. The van der Waals surface area contributed by atoms with Crippen molar-refractivity contribution in [3.05, 3.63) is 54.5 Å². The predicted molar refractivity (Wildman–Crippen MR) is 151 cm³/mol. The van der Waals surface area contributed by atoms with Crippen LogP contribution >= 0.6 is 0 Å². The second-order valence-electron chi connectivity index (χ2n) is 10.5. The number of aromatic hydroxyl groups is 1. The molecule has 0 aliphatic carbocycles. The molecule has 4 N–H and O–H groups in total. The van der Waals surface area contributed by atoms with Crippen molar-refractivity contribution >= 4 is 30.9 Å². The molecule has 2 saturated heterocycles. The van der Waals surface area contributed by atoms with Gasteiger partial charge in [0.05, 0.1) is 28.8 Å². The van der Waals surface area contributed by atoms with Crippen molar-refractivity contribution in [1.29, 1.82) is 0 Å². The van der Waals surface area contributed by atoms with Crippen molar-refractivity contribution < 1.29 is 40.9 Å². The van der Waals surface area contributed by atoms with E-state index in [1.807, 2.05) is 0 Å². The van der Waals surface area contributed by atoms with Crippen LogP contribution in [0.25, 0.3) is 10.9 Å². The van der Waals surface area contributed by atoms with E-state index >= 15 is 0 Å².